The van der Waals surface area contributed by atoms with Gasteiger partial charge < -0.3 is 14.7 Å². The molecule has 104 valence electrons. The molecule has 0 saturated heterocycles. The van der Waals surface area contributed by atoms with Crippen LogP contribution < -0.4 is 4.74 Å². The van der Waals surface area contributed by atoms with Gasteiger partial charge >= 0.3 is 5.97 Å². The Bertz CT molecular complexity index is 472. The molecule has 1 aromatic rings. The number of rotatable bonds is 6. The highest BCUT2D eigenvalue weighted by atomic mass is 19.1. The summed E-state index contributed by atoms with van der Waals surface area (Å²) >= 11 is 0. The molecule has 0 aliphatic heterocycles. The minimum atomic E-state index is -1.43. The zero-order valence-electron chi connectivity index (χ0n) is 10.9. The van der Waals surface area contributed by atoms with Crippen LogP contribution in [0.5, 0.6) is 5.75 Å². The number of hydrogen-bond acceptors (Lipinski definition) is 3. The van der Waals surface area contributed by atoms with Crippen LogP contribution in [0.25, 0.3) is 0 Å². The van der Waals surface area contributed by atoms with E-state index in [0.29, 0.717) is 13.1 Å². The Morgan fingerprint density at radius 3 is 2.47 bits per heavy atom. The lowest BCUT2D eigenvalue weighted by atomic mass is 10.2. The van der Waals surface area contributed by atoms with E-state index in [2.05, 4.69) is 0 Å². The number of aromatic carboxylic acids is 1. The van der Waals surface area contributed by atoms with Crippen molar-refractivity contribution in [3.8, 4) is 5.75 Å². The Labute approximate surface area is 110 Å². The summed E-state index contributed by atoms with van der Waals surface area (Å²) in [6, 6.07) is 3.68. The topological polar surface area (TPSA) is 66.8 Å². The predicted molar refractivity (Wildman–Crippen MR) is 66.8 cm³/mol. The molecular weight excluding hydrogens is 253 g/mol. The predicted octanol–water partition coefficient (Wildman–Crippen LogP) is 1.77. The van der Waals surface area contributed by atoms with Gasteiger partial charge in [-0.1, -0.05) is 6.07 Å². The Morgan fingerprint density at radius 2 is 1.95 bits per heavy atom. The van der Waals surface area contributed by atoms with Gasteiger partial charge in [0.1, 0.15) is 17.1 Å². The largest absolute Gasteiger partial charge is 0.483 e. The fourth-order valence-corrected chi connectivity index (χ4v) is 1.64. The third-order valence-corrected chi connectivity index (χ3v) is 2.66. The fourth-order valence-electron chi connectivity index (χ4n) is 1.64. The van der Waals surface area contributed by atoms with Crippen molar-refractivity contribution in [2.24, 2.45) is 0 Å². The Morgan fingerprint density at radius 1 is 1.32 bits per heavy atom. The molecule has 0 spiro atoms. The van der Waals surface area contributed by atoms with E-state index in [1.165, 1.54) is 12.1 Å². The van der Waals surface area contributed by atoms with E-state index in [0.717, 1.165) is 6.07 Å². The van der Waals surface area contributed by atoms with Gasteiger partial charge in [0.2, 0.25) is 0 Å². The maximum Gasteiger partial charge on any atom is 0.342 e. The molecule has 0 saturated carbocycles. The number of halogens is 1. The summed E-state index contributed by atoms with van der Waals surface area (Å²) in [5.41, 5.74) is -0.560. The van der Waals surface area contributed by atoms with Crippen LogP contribution in [-0.4, -0.2) is 41.6 Å². The molecule has 1 rings (SSSR count). The van der Waals surface area contributed by atoms with Crippen molar-refractivity contribution in [1.82, 2.24) is 4.90 Å². The standard InChI is InChI=1S/C13H16FNO4/c1-3-15(4-2)11(16)8-19-10-7-5-6-9(14)12(10)13(17)18/h5-7H,3-4,8H2,1-2H3,(H,17,18). The second-order valence-electron chi connectivity index (χ2n) is 3.77. The van der Waals surface area contributed by atoms with Crippen LogP contribution in [0.3, 0.4) is 0 Å². The molecule has 5 nitrogen and oxygen atoms in total. The molecule has 0 unspecified atom stereocenters. The van der Waals surface area contributed by atoms with Crippen LogP contribution in [0, 0.1) is 5.82 Å². The minimum absolute atomic E-state index is 0.145. The number of hydrogen-bond donors (Lipinski definition) is 1. The van der Waals surface area contributed by atoms with Crippen molar-refractivity contribution in [2.75, 3.05) is 19.7 Å². The minimum Gasteiger partial charge on any atom is -0.483 e. The lowest BCUT2D eigenvalue weighted by Crippen LogP contribution is -2.34. The number of ether oxygens (including phenoxy) is 1. The van der Waals surface area contributed by atoms with E-state index in [4.69, 9.17) is 9.84 Å². The van der Waals surface area contributed by atoms with Crippen LogP contribution in [0.1, 0.15) is 24.2 Å². The third-order valence-electron chi connectivity index (χ3n) is 2.66. The summed E-state index contributed by atoms with van der Waals surface area (Å²) < 4.78 is 18.5. The lowest BCUT2D eigenvalue weighted by molar-refractivity contribution is -0.133. The molecule has 19 heavy (non-hydrogen) atoms. The number of nitrogens with zero attached hydrogens (tertiary/aromatic N) is 1. The van der Waals surface area contributed by atoms with Gasteiger partial charge in [-0.15, -0.1) is 0 Å². The first kappa shape index (κ1) is 14.9. The molecule has 1 aromatic carbocycles. The quantitative estimate of drug-likeness (QED) is 0.854. The second-order valence-corrected chi connectivity index (χ2v) is 3.77. The van der Waals surface area contributed by atoms with E-state index in [1.54, 1.807) is 4.90 Å². The molecule has 0 radical (unpaired) electrons. The van der Waals surface area contributed by atoms with Crippen molar-refractivity contribution in [3.05, 3.63) is 29.6 Å². The number of carboxylic acid groups (broad SMARTS) is 1. The molecule has 0 bridgehead atoms. The summed E-state index contributed by atoms with van der Waals surface area (Å²) in [6.45, 7) is 4.41. The first-order valence-electron chi connectivity index (χ1n) is 5.93. The first-order valence-corrected chi connectivity index (χ1v) is 5.93. The maximum absolute atomic E-state index is 13.4. The number of benzene rings is 1. The Balaban J connectivity index is 2.81. The smallest absolute Gasteiger partial charge is 0.342 e. The number of likely N-dealkylation sites (N-methyl/N-ethyl adjacent to an activating group) is 1. The Hall–Kier alpha value is -2.11. The van der Waals surface area contributed by atoms with Gasteiger partial charge in [0.05, 0.1) is 0 Å². The van der Waals surface area contributed by atoms with E-state index in [1.807, 2.05) is 13.8 Å². The van der Waals surface area contributed by atoms with Crippen molar-refractivity contribution >= 4 is 11.9 Å². The Kier molecular flexibility index (Phi) is 5.29. The highest BCUT2D eigenvalue weighted by Crippen LogP contribution is 2.21. The molecule has 0 aliphatic rings. The van der Waals surface area contributed by atoms with Gasteiger partial charge in [0.25, 0.3) is 5.91 Å². The monoisotopic (exact) mass is 269 g/mol. The molecule has 0 aliphatic carbocycles. The van der Waals surface area contributed by atoms with E-state index in [-0.39, 0.29) is 18.3 Å². The molecule has 0 aromatic heterocycles. The zero-order chi connectivity index (χ0) is 14.4. The molecule has 0 heterocycles. The van der Waals surface area contributed by atoms with Crippen LogP contribution >= 0.6 is 0 Å². The van der Waals surface area contributed by atoms with E-state index in [9.17, 15) is 14.0 Å². The van der Waals surface area contributed by atoms with Gasteiger partial charge in [-0.05, 0) is 26.0 Å². The lowest BCUT2D eigenvalue weighted by Gasteiger charge is -2.19. The number of carbonyl (C=O) groups excluding carboxylic acids is 1. The number of carbonyl (C=O) groups is 2. The number of carboxylic acids is 1. The average Bonchev–Trinajstić information content (AvgIpc) is 2.37. The summed E-state index contributed by atoms with van der Waals surface area (Å²) in [5.74, 6) is -2.73. The molecule has 0 fully saturated rings. The second kappa shape index (κ2) is 6.72. The normalized spacial score (nSPS) is 10.1. The van der Waals surface area contributed by atoms with Crippen molar-refractivity contribution in [3.63, 3.8) is 0 Å². The molecule has 0 atom stereocenters. The molecule has 1 N–H and O–H groups in total. The van der Waals surface area contributed by atoms with Crippen molar-refractivity contribution in [1.29, 1.82) is 0 Å². The van der Waals surface area contributed by atoms with Crippen LogP contribution in [0.15, 0.2) is 18.2 Å². The summed E-state index contributed by atoms with van der Waals surface area (Å²) in [4.78, 5) is 24.2. The van der Waals surface area contributed by atoms with Gasteiger partial charge in [-0.3, -0.25) is 4.79 Å². The first-order chi connectivity index (χ1) is 9.01. The SMILES string of the molecule is CCN(CC)C(=O)COc1cccc(F)c1C(=O)O. The summed E-state index contributed by atoms with van der Waals surface area (Å²) in [5, 5.41) is 8.90. The van der Waals surface area contributed by atoms with Gasteiger partial charge in [0.15, 0.2) is 6.61 Å². The van der Waals surface area contributed by atoms with E-state index >= 15 is 0 Å². The van der Waals surface area contributed by atoms with Gasteiger partial charge in [-0.25, -0.2) is 9.18 Å². The summed E-state index contributed by atoms with van der Waals surface area (Å²) in [7, 11) is 0. The molecule has 1 amide bonds. The maximum atomic E-state index is 13.4. The van der Waals surface area contributed by atoms with Crippen LogP contribution in [-0.2, 0) is 4.79 Å². The van der Waals surface area contributed by atoms with Crippen LogP contribution in [0.4, 0.5) is 4.39 Å². The zero-order valence-corrected chi connectivity index (χ0v) is 10.9. The van der Waals surface area contributed by atoms with Gasteiger partial charge in [-0.2, -0.15) is 0 Å². The highest BCUT2D eigenvalue weighted by molar-refractivity contribution is 5.91. The van der Waals surface area contributed by atoms with Crippen molar-refractivity contribution in [2.45, 2.75) is 13.8 Å². The van der Waals surface area contributed by atoms with Gasteiger partial charge in [0, 0.05) is 13.1 Å². The molecule has 6 heteroatoms. The third kappa shape index (κ3) is 3.67. The average molecular weight is 269 g/mol. The van der Waals surface area contributed by atoms with Crippen molar-refractivity contribution < 1.29 is 23.8 Å². The summed E-state index contributed by atoms with van der Waals surface area (Å²) in [6.07, 6.45) is 0. The van der Waals surface area contributed by atoms with Crippen LogP contribution in [0.2, 0.25) is 0 Å². The highest BCUT2D eigenvalue weighted by Gasteiger charge is 2.18. The van der Waals surface area contributed by atoms with E-state index < -0.39 is 17.3 Å². The molecular formula is C13H16FNO4. The number of amides is 1. The fraction of sp³-hybridized carbons (Fsp3) is 0.385.